The number of aryl methyl sites for hydroxylation is 1. The standard InChI is InChI=1S/C49H36/c1-49(2)47-15-9-8-14-42(47)46-29-37-23-20-34-19-22-36(28-44(34)45(37)30-48(46)49)40-25-38(31-10-4-3-5-11-31)24-39(26-40)35-21-18-33-17-16-32-12-6-7-13-41(32)43(33)27-35/h3-5,7-11,13-30H,6,12H2,1-2H3. The van der Waals surface area contributed by atoms with Gasteiger partial charge < -0.3 is 0 Å². The molecule has 0 amide bonds. The second-order valence-electron chi connectivity index (χ2n) is 14.5. The van der Waals surface area contributed by atoms with E-state index in [0.29, 0.717) is 0 Å². The Balaban J connectivity index is 1.17. The minimum absolute atomic E-state index is 0.0340. The molecule has 2 aliphatic rings. The van der Waals surface area contributed by atoms with Crippen LogP contribution in [0.3, 0.4) is 0 Å². The molecule has 0 spiro atoms. The fraction of sp³-hybridized carbons (Fsp3) is 0.102. The van der Waals surface area contributed by atoms with Gasteiger partial charge in [-0.1, -0.05) is 129 Å². The molecule has 2 aliphatic carbocycles. The zero-order valence-electron chi connectivity index (χ0n) is 27.9. The summed E-state index contributed by atoms with van der Waals surface area (Å²) in [7, 11) is 0. The van der Waals surface area contributed by atoms with Gasteiger partial charge >= 0.3 is 0 Å². The zero-order chi connectivity index (χ0) is 32.7. The van der Waals surface area contributed by atoms with Gasteiger partial charge in [-0.15, -0.1) is 0 Å². The first-order valence-electron chi connectivity index (χ1n) is 17.6. The van der Waals surface area contributed by atoms with Crippen LogP contribution in [0.15, 0.2) is 152 Å². The molecule has 0 heteroatoms. The molecule has 10 rings (SSSR count). The molecule has 0 radical (unpaired) electrons. The number of benzene rings is 8. The molecule has 0 saturated carbocycles. The van der Waals surface area contributed by atoms with Gasteiger partial charge in [0.25, 0.3) is 0 Å². The number of hydrogen-bond donors (Lipinski definition) is 0. The first kappa shape index (κ1) is 28.3. The van der Waals surface area contributed by atoms with Crippen LogP contribution in [0.1, 0.15) is 42.5 Å². The van der Waals surface area contributed by atoms with Gasteiger partial charge in [-0.25, -0.2) is 0 Å². The van der Waals surface area contributed by atoms with E-state index in [0.717, 1.165) is 12.8 Å². The molecule has 232 valence electrons. The molecule has 0 heterocycles. The summed E-state index contributed by atoms with van der Waals surface area (Å²) in [5.41, 5.74) is 15.8. The van der Waals surface area contributed by atoms with Gasteiger partial charge in [0.2, 0.25) is 0 Å². The summed E-state index contributed by atoms with van der Waals surface area (Å²) in [5, 5.41) is 7.84. The molecular weight excluding hydrogens is 589 g/mol. The number of fused-ring (bicyclic) bond motifs is 9. The SMILES string of the molecule is CC1(C)c2ccccc2-c2cc3ccc4ccc(-c5cc(-c6ccccc6)cc(-c6ccc7ccc8c(c7c6)C=CCC8)c5)cc4c3cc21. The number of rotatable bonds is 3. The first-order valence-corrected chi connectivity index (χ1v) is 17.6. The third-order valence-corrected chi connectivity index (χ3v) is 11.3. The summed E-state index contributed by atoms with van der Waals surface area (Å²) in [6, 6.07) is 55.0. The van der Waals surface area contributed by atoms with Gasteiger partial charge in [-0.2, -0.15) is 0 Å². The number of allylic oxidation sites excluding steroid dienone is 1. The summed E-state index contributed by atoms with van der Waals surface area (Å²) in [5.74, 6) is 0. The average molecular weight is 625 g/mol. The molecule has 0 nitrogen and oxygen atoms in total. The van der Waals surface area contributed by atoms with Crippen LogP contribution >= 0.6 is 0 Å². The maximum absolute atomic E-state index is 2.48. The lowest BCUT2D eigenvalue weighted by Crippen LogP contribution is -2.14. The Hall–Kier alpha value is -5.72. The summed E-state index contributed by atoms with van der Waals surface area (Å²) in [6.45, 7) is 4.74. The van der Waals surface area contributed by atoms with E-state index in [4.69, 9.17) is 0 Å². The van der Waals surface area contributed by atoms with Crippen molar-refractivity contribution < 1.29 is 0 Å². The maximum Gasteiger partial charge on any atom is 0.0159 e. The molecule has 0 unspecified atom stereocenters. The second kappa shape index (κ2) is 10.6. The van der Waals surface area contributed by atoms with Crippen molar-refractivity contribution in [1.29, 1.82) is 0 Å². The lowest BCUT2D eigenvalue weighted by Gasteiger charge is -2.22. The minimum atomic E-state index is -0.0340. The van der Waals surface area contributed by atoms with Crippen molar-refractivity contribution in [3.05, 3.63) is 174 Å². The normalized spacial score (nSPS) is 14.2. The quantitative estimate of drug-likeness (QED) is 0.172. The fourth-order valence-electron chi connectivity index (χ4n) is 8.61. The monoisotopic (exact) mass is 624 g/mol. The Bertz CT molecular complexity index is 2670. The molecule has 0 atom stereocenters. The molecule has 0 saturated heterocycles. The Morgan fingerprint density at radius 3 is 1.84 bits per heavy atom. The van der Waals surface area contributed by atoms with E-state index in [2.05, 4.69) is 172 Å². The van der Waals surface area contributed by atoms with Crippen LogP contribution in [0.4, 0.5) is 0 Å². The summed E-state index contributed by atoms with van der Waals surface area (Å²) < 4.78 is 0. The lowest BCUT2D eigenvalue weighted by molar-refractivity contribution is 0.661. The third kappa shape index (κ3) is 4.44. The average Bonchev–Trinajstić information content (AvgIpc) is 3.38. The fourth-order valence-corrected chi connectivity index (χ4v) is 8.61. The Kier molecular flexibility index (Phi) is 6.15. The third-order valence-electron chi connectivity index (χ3n) is 11.3. The maximum atomic E-state index is 2.48. The van der Waals surface area contributed by atoms with Crippen LogP contribution in [0.25, 0.3) is 82.9 Å². The van der Waals surface area contributed by atoms with Crippen LogP contribution in [-0.2, 0) is 11.8 Å². The van der Waals surface area contributed by atoms with E-state index in [1.807, 2.05) is 0 Å². The van der Waals surface area contributed by atoms with E-state index < -0.39 is 0 Å². The van der Waals surface area contributed by atoms with E-state index in [9.17, 15) is 0 Å². The molecule has 0 aromatic heterocycles. The molecule has 8 aromatic rings. The van der Waals surface area contributed by atoms with E-state index in [1.54, 1.807) is 0 Å². The highest BCUT2D eigenvalue weighted by Gasteiger charge is 2.35. The Morgan fingerprint density at radius 2 is 1.04 bits per heavy atom. The Morgan fingerprint density at radius 1 is 0.429 bits per heavy atom. The van der Waals surface area contributed by atoms with Crippen molar-refractivity contribution in [2.75, 3.05) is 0 Å². The predicted octanol–water partition coefficient (Wildman–Crippen LogP) is 13.4. The van der Waals surface area contributed by atoms with Crippen LogP contribution in [0.5, 0.6) is 0 Å². The predicted molar refractivity (Wildman–Crippen MR) is 210 cm³/mol. The van der Waals surface area contributed by atoms with Crippen molar-refractivity contribution in [2.24, 2.45) is 0 Å². The molecule has 0 aliphatic heterocycles. The molecule has 0 N–H and O–H groups in total. The van der Waals surface area contributed by atoms with E-state index >= 15 is 0 Å². The van der Waals surface area contributed by atoms with Gasteiger partial charge in [0.1, 0.15) is 0 Å². The van der Waals surface area contributed by atoms with Gasteiger partial charge in [0.15, 0.2) is 0 Å². The molecular formula is C49H36. The van der Waals surface area contributed by atoms with Crippen LogP contribution < -0.4 is 0 Å². The van der Waals surface area contributed by atoms with Gasteiger partial charge in [-0.3, -0.25) is 0 Å². The molecule has 49 heavy (non-hydrogen) atoms. The molecule has 8 aromatic carbocycles. The largest absolute Gasteiger partial charge is 0.0836 e. The van der Waals surface area contributed by atoms with E-state index in [1.165, 1.54) is 99.1 Å². The second-order valence-corrected chi connectivity index (χ2v) is 14.5. The van der Waals surface area contributed by atoms with Crippen molar-refractivity contribution in [3.8, 4) is 44.5 Å². The van der Waals surface area contributed by atoms with Gasteiger partial charge in [0, 0.05) is 5.41 Å². The zero-order valence-corrected chi connectivity index (χ0v) is 27.9. The highest BCUT2D eigenvalue weighted by atomic mass is 14.4. The Labute approximate surface area is 288 Å². The highest BCUT2D eigenvalue weighted by molar-refractivity contribution is 6.11. The smallest absolute Gasteiger partial charge is 0.0159 e. The summed E-state index contributed by atoms with van der Waals surface area (Å²) >= 11 is 0. The minimum Gasteiger partial charge on any atom is -0.0836 e. The van der Waals surface area contributed by atoms with Gasteiger partial charge in [-0.05, 0) is 154 Å². The van der Waals surface area contributed by atoms with E-state index in [-0.39, 0.29) is 5.41 Å². The van der Waals surface area contributed by atoms with Crippen molar-refractivity contribution >= 4 is 38.4 Å². The highest BCUT2D eigenvalue weighted by Crippen LogP contribution is 2.50. The molecule has 0 fully saturated rings. The number of hydrogen-bond acceptors (Lipinski definition) is 0. The van der Waals surface area contributed by atoms with Gasteiger partial charge in [0.05, 0.1) is 0 Å². The van der Waals surface area contributed by atoms with Crippen molar-refractivity contribution in [1.82, 2.24) is 0 Å². The van der Waals surface area contributed by atoms with Crippen LogP contribution in [-0.4, -0.2) is 0 Å². The first-order chi connectivity index (χ1) is 24.0. The summed E-state index contributed by atoms with van der Waals surface area (Å²) in [6.07, 6.45) is 6.88. The topological polar surface area (TPSA) is 0 Å². The lowest BCUT2D eigenvalue weighted by atomic mass is 9.81. The summed E-state index contributed by atoms with van der Waals surface area (Å²) in [4.78, 5) is 0. The molecule has 0 bridgehead atoms. The van der Waals surface area contributed by atoms with Crippen LogP contribution in [0, 0.1) is 0 Å². The van der Waals surface area contributed by atoms with Crippen molar-refractivity contribution in [3.63, 3.8) is 0 Å². The van der Waals surface area contributed by atoms with Crippen LogP contribution in [0.2, 0.25) is 0 Å². The van der Waals surface area contributed by atoms with Crippen molar-refractivity contribution in [2.45, 2.75) is 32.1 Å².